The summed E-state index contributed by atoms with van der Waals surface area (Å²) >= 11 is 0. The second-order valence-electron chi connectivity index (χ2n) is 5.19. The van der Waals surface area contributed by atoms with E-state index < -0.39 is 0 Å². The first-order chi connectivity index (χ1) is 6.15. The highest BCUT2D eigenvalue weighted by atomic mass is 15.0. The highest BCUT2D eigenvalue weighted by Gasteiger charge is 2.51. The molecule has 2 fully saturated rings. The molecular weight excluding hydrogens is 157 g/mol. The summed E-state index contributed by atoms with van der Waals surface area (Å²) in [4.78, 5) is 1.97. The van der Waals surface area contributed by atoms with Crippen molar-refractivity contribution in [2.24, 2.45) is 17.3 Å². The SMILES string of the molecule is [B]N1CCC(C2CC2(C)CC)CC1. The third-order valence-electron chi connectivity index (χ3n) is 4.37. The van der Waals surface area contributed by atoms with Crippen molar-refractivity contribution < 1.29 is 0 Å². The van der Waals surface area contributed by atoms with Crippen LogP contribution in [0.1, 0.15) is 39.5 Å². The second kappa shape index (κ2) is 3.31. The maximum atomic E-state index is 5.75. The quantitative estimate of drug-likeness (QED) is 0.584. The Hall–Kier alpha value is 0.0249. The molecule has 1 nitrogen and oxygen atoms in total. The maximum Gasteiger partial charge on any atom is 0.182 e. The normalized spacial score (nSPS) is 42.2. The van der Waals surface area contributed by atoms with Gasteiger partial charge in [-0.1, -0.05) is 20.3 Å². The van der Waals surface area contributed by atoms with Gasteiger partial charge in [-0.05, 0) is 49.6 Å². The van der Waals surface area contributed by atoms with E-state index in [0.717, 1.165) is 24.9 Å². The molecular formula is C11H20BN. The van der Waals surface area contributed by atoms with E-state index in [9.17, 15) is 0 Å². The average Bonchev–Trinajstić information content (AvgIpc) is 2.81. The van der Waals surface area contributed by atoms with E-state index >= 15 is 0 Å². The summed E-state index contributed by atoms with van der Waals surface area (Å²) < 4.78 is 0. The first kappa shape index (κ1) is 9.58. The Morgan fingerprint density at radius 3 is 2.46 bits per heavy atom. The number of nitrogens with zero attached hydrogens (tertiary/aromatic N) is 1. The third kappa shape index (κ3) is 1.78. The summed E-state index contributed by atoms with van der Waals surface area (Å²) in [5, 5.41) is 0. The van der Waals surface area contributed by atoms with Gasteiger partial charge in [-0.15, -0.1) is 0 Å². The predicted molar refractivity (Wildman–Crippen MR) is 56.6 cm³/mol. The van der Waals surface area contributed by atoms with Crippen LogP contribution in [-0.4, -0.2) is 25.9 Å². The van der Waals surface area contributed by atoms with Crippen LogP contribution >= 0.6 is 0 Å². The number of hydrogen-bond donors (Lipinski definition) is 0. The minimum Gasteiger partial charge on any atom is -0.353 e. The van der Waals surface area contributed by atoms with Crippen LogP contribution < -0.4 is 0 Å². The minimum atomic E-state index is 0.696. The largest absolute Gasteiger partial charge is 0.353 e. The second-order valence-corrected chi connectivity index (χ2v) is 5.19. The fraction of sp³-hybridized carbons (Fsp3) is 1.00. The Balaban J connectivity index is 1.84. The standard InChI is InChI=1S/C11H20BN/c1-3-11(2)8-10(11)9-4-6-13(12)7-5-9/h9-10H,3-8H2,1-2H3. The number of piperidine rings is 1. The molecule has 1 saturated heterocycles. The van der Waals surface area contributed by atoms with E-state index in [4.69, 9.17) is 7.98 Å². The molecule has 2 radical (unpaired) electrons. The molecule has 1 aliphatic heterocycles. The molecule has 0 N–H and O–H groups in total. The molecule has 13 heavy (non-hydrogen) atoms. The van der Waals surface area contributed by atoms with Crippen LogP contribution in [-0.2, 0) is 0 Å². The minimum absolute atomic E-state index is 0.696. The molecule has 1 saturated carbocycles. The van der Waals surface area contributed by atoms with Crippen molar-refractivity contribution in [1.29, 1.82) is 0 Å². The van der Waals surface area contributed by atoms with Crippen molar-refractivity contribution in [2.45, 2.75) is 39.5 Å². The first-order valence-corrected chi connectivity index (χ1v) is 5.65. The van der Waals surface area contributed by atoms with Crippen molar-refractivity contribution in [3.63, 3.8) is 0 Å². The van der Waals surface area contributed by atoms with Gasteiger partial charge in [0.05, 0.1) is 0 Å². The Morgan fingerprint density at radius 1 is 1.38 bits per heavy atom. The van der Waals surface area contributed by atoms with Crippen LogP contribution in [0.2, 0.25) is 0 Å². The lowest BCUT2D eigenvalue weighted by Gasteiger charge is -2.30. The van der Waals surface area contributed by atoms with Crippen LogP contribution in [0.25, 0.3) is 0 Å². The fourth-order valence-corrected chi connectivity index (χ4v) is 2.91. The summed E-state index contributed by atoms with van der Waals surface area (Å²) in [7, 11) is 5.75. The van der Waals surface area contributed by atoms with Crippen molar-refractivity contribution in [3.8, 4) is 0 Å². The van der Waals surface area contributed by atoms with Gasteiger partial charge in [0.1, 0.15) is 0 Å². The molecule has 0 bridgehead atoms. The molecule has 0 aromatic rings. The van der Waals surface area contributed by atoms with E-state index in [2.05, 4.69) is 13.8 Å². The van der Waals surface area contributed by atoms with Gasteiger partial charge in [0.15, 0.2) is 7.98 Å². The fourth-order valence-electron chi connectivity index (χ4n) is 2.91. The highest BCUT2D eigenvalue weighted by Crippen LogP contribution is 2.60. The van der Waals surface area contributed by atoms with Gasteiger partial charge in [0.2, 0.25) is 0 Å². The van der Waals surface area contributed by atoms with Crippen LogP contribution in [0.4, 0.5) is 0 Å². The summed E-state index contributed by atoms with van der Waals surface area (Å²) in [6.45, 7) is 7.01. The number of hydrogen-bond acceptors (Lipinski definition) is 1. The van der Waals surface area contributed by atoms with Gasteiger partial charge in [0.25, 0.3) is 0 Å². The third-order valence-corrected chi connectivity index (χ3v) is 4.37. The van der Waals surface area contributed by atoms with Crippen LogP contribution in [0.5, 0.6) is 0 Å². The van der Waals surface area contributed by atoms with E-state index in [1.165, 1.54) is 25.7 Å². The van der Waals surface area contributed by atoms with Crippen LogP contribution in [0, 0.1) is 17.3 Å². The average molecular weight is 177 g/mol. The Morgan fingerprint density at radius 2 is 2.00 bits per heavy atom. The van der Waals surface area contributed by atoms with Gasteiger partial charge >= 0.3 is 0 Å². The van der Waals surface area contributed by atoms with Crippen molar-refractivity contribution in [3.05, 3.63) is 0 Å². The van der Waals surface area contributed by atoms with Crippen molar-refractivity contribution in [2.75, 3.05) is 13.1 Å². The Bertz CT molecular complexity index is 187. The van der Waals surface area contributed by atoms with Crippen molar-refractivity contribution >= 4 is 7.98 Å². The summed E-state index contributed by atoms with van der Waals surface area (Å²) in [6, 6.07) is 0. The zero-order valence-corrected chi connectivity index (χ0v) is 8.92. The van der Waals surface area contributed by atoms with Gasteiger partial charge in [-0.2, -0.15) is 0 Å². The lowest BCUT2D eigenvalue weighted by molar-refractivity contribution is 0.236. The van der Waals surface area contributed by atoms with Gasteiger partial charge < -0.3 is 4.81 Å². The molecule has 0 amide bonds. The molecule has 0 spiro atoms. The van der Waals surface area contributed by atoms with Crippen LogP contribution in [0.15, 0.2) is 0 Å². The molecule has 2 rings (SSSR count). The summed E-state index contributed by atoms with van der Waals surface area (Å²) in [5.74, 6) is 2.00. The molecule has 72 valence electrons. The predicted octanol–water partition coefficient (Wildman–Crippen LogP) is 2.22. The molecule has 2 aliphatic rings. The smallest absolute Gasteiger partial charge is 0.182 e. The lowest BCUT2D eigenvalue weighted by Crippen LogP contribution is -2.32. The zero-order valence-electron chi connectivity index (χ0n) is 8.92. The summed E-state index contributed by atoms with van der Waals surface area (Å²) in [6.07, 6.45) is 5.49. The van der Waals surface area contributed by atoms with Crippen molar-refractivity contribution in [1.82, 2.24) is 4.81 Å². The molecule has 1 heterocycles. The Kier molecular flexibility index (Phi) is 2.44. The first-order valence-electron chi connectivity index (χ1n) is 5.65. The van der Waals surface area contributed by atoms with Gasteiger partial charge in [-0.3, -0.25) is 0 Å². The van der Waals surface area contributed by atoms with E-state index in [1.54, 1.807) is 0 Å². The molecule has 2 atom stereocenters. The maximum absolute atomic E-state index is 5.75. The lowest BCUT2D eigenvalue weighted by atomic mass is 9.86. The molecule has 0 aromatic heterocycles. The molecule has 0 aromatic carbocycles. The number of rotatable bonds is 2. The molecule has 2 unspecified atom stereocenters. The topological polar surface area (TPSA) is 3.24 Å². The monoisotopic (exact) mass is 177 g/mol. The van der Waals surface area contributed by atoms with Gasteiger partial charge in [0, 0.05) is 0 Å². The molecule has 2 heteroatoms. The van der Waals surface area contributed by atoms with Gasteiger partial charge in [-0.25, -0.2) is 0 Å². The Labute approximate surface area is 83.3 Å². The van der Waals surface area contributed by atoms with E-state index in [1.807, 2.05) is 4.81 Å². The highest BCUT2D eigenvalue weighted by molar-refractivity contribution is 6.04. The van der Waals surface area contributed by atoms with E-state index in [-0.39, 0.29) is 0 Å². The zero-order chi connectivity index (χ0) is 9.47. The summed E-state index contributed by atoms with van der Waals surface area (Å²) in [5.41, 5.74) is 0.696. The van der Waals surface area contributed by atoms with Crippen LogP contribution in [0.3, 0.4) is 0 Å². The molecule has 1 aliphatic carbocycles. The van der Waals surface area contributed by atoms with E-state index in [0.29, 0.717) is 5.41 Å².